The quantitative estimate of drug-likeness (QED) is 0.577. The van der Waals surface area contributed by atoms with Crippen LogP contribution in [0.3, 0.4) is 0 Å². The van der Waals surface area contributed by atoms with Crippen molar-refractivity contribution in [2.45, 2.75) is 78.7 Å². The molecule has 0 aliphatic heterocycles. The summed E-state index contributed by atoms with van der Waals surface area (Å²) in [6, 6.07) is 8.37. The Morgan fingerprint density at radius 2 is 1.77 bits per heavy atom. The number of hydrogen-bond acceptors (Lipinski definition) is 2. The Bertz CT molecular complexity index is 701. The minimum absolute atomic E-state index is 0.000839. The van der Waals surface area contributed by atoms with Gasteiger partial charge in [0.25, 0.3) is 0 Å². The molecule has 2 aliphatic rings. The molecule has 0 spiro atoms. The second-order valence-corrected chi connectivity index (χ2v) is 9.99. The second-order valence-electron chi connectivity index (χ2n) is 9.99. The SMILES string of the molecule is C=Cc1cccc(C2(OC(=O)C3(C(C)(C)C)CC3(C)C)CCCCC2)c1. The highest BCUT2D eigenvalue weighted by atomic mass is 16.6. The molecule has 0 amide bonds. The topological polar surface area (TPSA) is 26.3 Å². The van der Waals surface area contributed by atoms with Crippen molar-refractivity contribution >= 4 is 12.0 Å². The molecular weight excluding hydrogens is 320 g/mol. The highest BCUT2D eigenvalue weighted by molar-refractivity contribution is 5.83. The van der Waals surface area contributed by atoms with Gasteiger partial charge in [-0.25, -0.2) is 0 Å². The smallest absolute Gasteiger partial charge is 0.314 e. The van der Waals surface area contributed by atoms with E-state index in [4.69, 9.17) is 4.74 Å². The lowest BCUT2D eigenvalue weighted by Gasteiger charge is -2.41. The number of esters is 1. The van der Waals surface area contributed by atoms with Gasteiger partial charge in [0.15, 0.2) is 0 Å². The van der Waals surface area contributed by atoms with E-state index in [0.717, 1.165) is 43.2 Å². The van der Waals surface area contributed by atoms with Gasteiger partial charge < -0.3 is 4.74 Å². The molecule has 2 nitrogen and oxygen atoms in total. The normalized spacial score (nSPS) is 26.8. The lowest BCUT2D eigenvalue weighted by Crippen LogP contribution is -2.42. The van der Waals surface area contributed by atoms with Crippen molar-refractivity contribution in [1.82, 2.24) is 0 Å². The third-order valence-corrected chi connectivity index (χ3v) is 6.96. The van der Waals surface area contributed by atoms with Crippen molar-refractivity contribution in [3.05, 3.63) is 42.0 Å². The Hall–Kier alpha value is -1.57. The average molecular weight is 355 g/mol. The van der Waals surface area contributed by atoms with Gasteiger partial charge in [-0.3, -0.25) is 4.79 Å². The van der Waals surface area contributed by atoms with Gasteiger partial charge in [-0.05, 0) is 60.1 Å². The number of carbonyl (C=O) groups excluding carboxylic acids is 1. The van der Waals surface area contributed by atoms with E-state index in [1.165, 1.54) is 6.42 Å². The molecule has 0 heterocycles. The van der Waals surface area contributed by atoms with E-state index in [1.54, 1.807) is 0 Å². The van der Waals surface area contributed by atoms with Crippen LogP contribution >= 0.6 is 0 Å². The zero-order chi connectivity index (χ0) is 19.2. The van der Waals surface area contributed by atoms with E-state index in [1.807, 2.05) is 6.08 Å². The number of carbonyl (C=O) groups is 1. The van der Waals surface area contributed by atoms with Crippen LogP contribution in [0.5, 0.6) is 0 Å². The molecule has 3 rings (SSSR count). The summed E-state index contributed by atoms with van der Waals surface area (Å²) < 4.78 is 6.48. The van der Waals surface area contributed by atoms with Crippen molar-refractivity contribution in [2.24, 2.45) is 16.2 Å². The Labute approximate surface area is 159 Å². The summed E-state index contributed by atoms with van der Waals surface area (Å²) in [6.45, 7) is 14.8. The third-order valence-electron chi connectivity index (χ3n) is 6.96. The predicted molar refractivity (Wildman–Crippen MR) is 108 cm³/mol. The summed E-state index contributed by atoms with van der Waals surface area (Å²) in [7, 11) is 0. The Balaban J connectivity index is 1.97. The first-order chi connectivity index (χ1) is 12.1. The molecule has 1 unspecified atom stereocenters. The van der Waals surface area contributed by atoms with E-state index < -0.39 is 5.60 Å². The van der Waals surface area contributed by atoms with Gasteiger partial charge in [-0.15, -0.1) is 0 Å². The Kier molecular flexibility index (Phi) is 4.61. The van der Waals surface area contributed by atoms with Crippen LogP contribution in [0.4, 0.5) is 0 Å². The van der Waals surface area contributed by atoms with Crippen molar-refractivity contribution in [2.75, 3.05) is 0 Å². The molecular formula is C24H34O2. The number of benzene rings is 1. The molecule has 2 aliphatic carbocycles. The van der Waals surface area contributed by atoms with E-state index in [0.29, 0.717) is 0 Å². The molecule has 1 aromatic carbocycles. The van der Waals surface area contributed by atoms with Crippen LogP contribution in [0.1, 0.15) is 84.3 Å². The Morgan fingerprint density at radius 1 is 1.15 bits per heavy atom. The lowest BCUT2D eigenvalue weighted by molar-refractivity contribution is -0.179. The molecule has 0 radical (unpaired) electrons. The van der Waals surface area contributed by atoms with Gasteiger partial charge in [0.1, 0.15) is 5.60 Å². The Morgan fingerprint density at radius 3 is 2.27 bits per heavy atom. The van der Waals surface area contributed by atoms with Gasteiger partial charge in [0.2, 0.25) is 0 Å². The molecule has 1 atom stereocenters. The zero-order valence-corrected chi connectivity index (χ0v) is 17.2. The lowest BCUT2D eigenvalue weighted by atomic mass is 9.72. The molecule has 26 heavy (non-hydrogen) atoms. The second kappa shape index (κ2) is 6.25. The molecule has 0 bridgehead atoms. The van der Waals surface area contributed by atoms with Crippen LogP contribution in [0, 0.1) is 16.2 Å². The average Bonchev–Trinajstić information content (AvgIpc) is 3.20. The minimum Gasteiger partial charge on any atom is -0.454 e. The molecule has 0 saturated heterocycles. The van der Waals surface area contributed by atoms with Crippen LogP contribution in [0.25, 0.3) is 6.08 Å². The van der Waals surface area contributed by atoms with Gasteiger partial charge >= 0.3 is 5.97 Å². The van der Waals surface area contributed by atoms with Crippen LogP contribution in [-0.2, 0) is 15.1 Å². The van der Waals surface area contributed by atoms with Gasteiger partial charge in [0, 0.05) is 0 Å². The fourth-order valence-corrected chi connectivity index (χ4v) is 5.34. The van der Waals surface area contributed by atoms with Crippen LogP contribution < -0.4 is 0 Å². The van der Waals surface area contributed by atoms with Gasteiger partial charge in [-0.2, -0.15) is 0 Å². The summed E-state index contributed by atoms with van der Waals surface area (Å²) >= 11 is 0. The zero-order valence-electron chi connectivity index (χ0n) is 17.2. The summed E-state index contributed by atoms with van der Waals surface area (Å²) in [4.78, 5) is 13.5. The van der Waals surface area contributed by atoms with Crippen LogP contribution in [0.15, 0.2) is 30.8 Å². The largest absolute Gasteiger partial charge is 0.454 e. The maximum atomic E-state index is 13.5. The maximum absolute atomic E-state index is 13.5. The monoisotopic (exact) mass is 354 g/mol. The summed E-state index contributed by atoms with van der Waals surface area (Å²) in [5, 5.41) is 0. The third kappa shape index (κ3) is 2.92. The van der Waals surface area contributed by atoms with Crippen molar-refractivity contribution in [3.63, 3.8) is 0 Å². The minimum atomic E-state index is -0.481. The van der Waals surface area contributed by atoms with E-state index in [2.05, 4.69) is 65.5 Å². The fourth-order valence-electron chi connectivity index (χ4n) is 5.34. The predicted octanol–water partition coefficient (Wildman–Crippen LogP) is 6.49. The van der Waals surface area contributed by atoms with E-state index in [-0.39, 0.29) is 22.2 Å². The number of rotatable bonds is 4. The van der Waals surface area contributed by atoms with Gasteiger partial charge in [-0.1, -0.05) is 71.9 Å². The van der Waals surface area contributed by atoms with Gasteiger partial charge in [0.05, 0.1) is 5.41 Å². The highest BCUT2D eigenvalue weighted by Gasteiger charge is 2.73. The van der Waals surface area contributed by atoms with Crippen molar-refractivity contribution in [1.29, 1.82) is 0 Å². The first kappa shape index (κ1) is 19.2. The van der Waals surface area contributed by atoms with Crippen molar-refractivity contribution < 1.29 is 9.53 Å². The van der Waals surface area contributed by atoms with Crippen molar-refractivity contribution in [3.8, 4) is 0 Å². The number of ether oxygens (including phenoxy) is 1. The van der Waals surface area contributed by atoms with E-state index >= 15 is 0 Å². The molecule has 2 saturated carbocycles. The van der Waals surface area contributed by atoms with Crippen LogP contribution in [0.2, 0.25) is 0 Å². The summed E-state index contributed by atoms with van der Waals surface area (Å²) in [5.74, 6) is 0.000839. The molecule has 2 fully saturated rings. The van der Waals surface area contributed by atoms with E-state index in [9.17, 15) is 4.79 Å². The first-order valence-corrected chi connectivity index (χ1v) is 10.0. The van der Waals surface area contributed by atoms with Crippen LogP contribution in [-0.4, -0.2) is 5.97 Å². The molecule has 0 N–H and O–H groups in total. The maximum Gasteiger partial charge on any atom is 0.314 e. The summed E-state index contributed by atoms with van der Waals surface area (Å²) in [5.41, 5.74) is 1.24. The fraction of sp³-hybridized carbons (Fsp3) is 0.625. The molecule has 142 valence electrons. The summed E-state index contributed by atoms with van der Waals surface area (Å²) in [6.07, 6.45) is 8.04. The highest BCUT2D eigenvalue weighted by Crippen LogP contribution is 2.72. The molecule has 1 aromatic rings. The first-order valence-electron chi connectivity index (χ1n) is 10.0. The standard InChI is InChI=1S/C24H34O2/c1-7-18-12-11-13-19(16-18)23(14-9-8-10-15-23)26-20(25)24(21(2,3)4)17-22(24,5)6/h7,11-13,16H,1,8-10,14-15,17H2,2-6H3. The molecule has 0 aromatic heterocycles. The molecule has 2 heteroatoms. The number of hydrogen-bond donors (Lipinski definition) is 0.